The minimum Gasteiger partial charge on any atom is -0.457 e. The molecule has 2 heterocycles. The molecule has 9 heteroatoms. The van der Waals surface area contributed by atoms with Gasteiger partial charge in [-0.1, -0.05) is 172 Å². The summed E-state index contributed by atoms with van der Waals surface area (Å²) in [6.45, 7) is 0. The minimum atomic E-state index is 0.688. The van der Waals surface area contributed by atoms with E-state index in [9.17, 15) is 0 Å². The maximum atomic E-state index is 7.09. The average molecular weight is 772 g/mol. The highest BCUT2D eigenvalue weighted by Crippen LogP contribution is 2.39. The van der Waals surface area contributed by atoms with Crippen LogP contribution in [-0.2, 0) is 0 Å². The van der Waals surface area contributed by atoms with E-state index in [1.807, 2.05) is 0 Å². The molecular weight excluding hydrogens is 733 g/mol. The van der Waals surface area contributed by atoms with Crippen LogP contribution in [0, 0.1) is 0 Å². The van der Waals surface area contributed by atoms with Gasteiger partial charge in [0.05, 0.1) is 11.4 Å². The topological polar surface area (TPSA) is 38.9 Å². The Kier molecular flexibility index (Phi) is 8.72. The van der Waals surface area contributed by atoms with E-state index >= 15 is 0 Å². The van der Waals surface area contributed by atoms with E-state index in [0.29, 0.717) is 5.82 Å². The number of benzene rings is 9. The predicted octanol–water partition coefficient (Wildman–Crippen LogP) is 3.72. The zero-order chi connectivity index (χ0) is 41.5. The molecule has 0 unspecified atom stereocenters. The Bertz CT molecular complexity index is 3570. The van der Waals surface area contributed by atoms with Crippen molar-refractivity contribution in [3.8, 4) is 56.2 Å². The maximum Gasteiger partial charge on any atom is 0.160 e. The lowest BCUT2D eigenvalue weighted by Crippen LogP contribution is -2.40. The molecule has 0 N–H and O–H groups in total. The molecule has 11 aromatic rings. The average Bonchev–Trinajstić information content (AvgIpc) is 3.72. The lowest BCUT2D eigenvalue weighted by molar-refractivity contribution is 0.675. The fourth-order valence-corrected chi connectivity index (χ4v) is 9.89. The Labute approximate surface area is 360 Å². The largest absolute Gasteiger partial charge is 0.457 e. The molecule has 0 aliphatic rings. The van der Waals surface area contributed by atoms with Crippen molar-refractivity contribution in [2.45, 2.75) is 0 Å². The van der Waals surface area contributed by atoms with E-state index in [4.69, 9.17) is 14.4 Å². The molecule has 280 valence electrons. The summed E-state index contributed by atoms with van der Waals surface area (Å²) >= 11 is 0. The number of nitrogens with zero attached hydrogens (tertiary/aromatic N) is 2. The first-order valence-electron chi connectivity index (χ1n) is 21.2. The van der Waals surface area contributed by atoms with Crippen molar-refractivity contribution < 1.29 is 4.42 Å². The quantitative estimate of drug-likeness (QED) is 0.198. The number of fused-ring (bicyclic) bond motifs is 9. The lowest BCUT2D eigenvalue weighted by atomic mass is 9.66. The summed E-state index contributed by atoms with van der Waals surface area (Å²) in [5, 5.41) is 9.90. The molecule has 0 amide bonds. The van der Waals surface area contributed by atoms with Crippen molar-refractivity contribution in [1.29, 1.82) is 0 Å². The molecule has 0 atom stereocenters. The van der Waals surface area contributed by atoms with Crippen LogP contribution < -0.4 is 32.8 Å². The molecular formula is C52H38B6N2O. The molecule has 0 bridgehead atoms. The molecule has 3 nitrogen and oxygen atoms in total. The Morgan fingerprint density at radius 3 is 1.49 bits per heavy atom. The van der Waals surface area contributed by atoms with E-state index in [2.05, 4.69) is 205 Å². The number of hydrogen-bond acceptors (Lipinski definition) is 3. The standard InChI is InChI=1S/C52H38B6N2O/c53-44-40(30-22-23-36-34-20-8-7-18-32(34)33-19-9-10-21-35(33)37(36)25-30)45(54)48(57)51-43(44)42-41(46(55)47(56)49(58)50(42)61-51)39-26-38(28-14-5-2-6-15-28)59-52(60-39)31-17-11-16-29(24-31)27-12-3-1-4-13-27/h1-26H,53-58H2. The van der Waals surface area contributed by atoms with Gasteiger partial charge in [0.25, 0.3) is 0 Å². The van der Waals surface area contributed by atoms with Crippen molar-refractivity contribution in [2.75, 3.05) is 0 Å². The van der Waals surface area contributed by atoms with E-state index in [1.165, 1.54) is 65.3 Å². The molecule has 0 saturated carbocycles. The van der Waals surface area contributed by atoms with Gasteiger partial charge >= 0.3 is 0 Å². The highest BCUT2D eigenvalue weighted by Gasteiger charge is 2.26. The van der Waals surface area contributed by atoms with Crippen LogP contribution >= 0.6 is 0 Å². The molecule has 9 aromatic carbocycles. The first-order valence-corrected chi connectivity index (χ1v) is 21.2. The van der Waals surface area contributed by atoms with Crippen LogP contribution in [0.3, 0.4) is 0 Å². The van der Waals surface area contributed by atoms with E-state index in [0.717, 1.165) is 72.1 Å². The van der Waals surface area contributed by atoms with Gasteiger partial charge in [-0.25, -0.2) is 9.97 Å². The number of aromatic nitrogens is 2. The summed E-state index contributed by atoms with van der Waals surface area (Å²) in [5.74, 6) is 0.688. The fraction of sp³-hybridized carbons (Fsp3) is 0. The van der Waals surface area contributed by atoms with Gasteiger partial charge in [-0.3, -0.25) is 0 Å². The van der Waals surface area contributed by atoms with Gasteiger partial charge in [-0.2, -0.15) is 0 Å². The van der Waals surface area contributed by atoms with Gasteiger partial charge in [-0.15, -0.1) is 0 Å². The van der Waals surface area contributed by atoms with Crippen LogP contribution in [0.15, 0.2) is 162 Å². The molecule has 11 rings (SSSR count). The van der Waals surface area contributed by atoms with Crippen LogP contribution in [0.4, 0.5) is 0 Å². The van der Waals surface area contributed by atoms with E-state index < -0.39 is 0 Å². The number of rotatable bonds is 5. The van der Waals surface area contributed by atoms with Crippen molar-refractivity contribution >= 4 is 134 Å². The molecule has 0 spiro atoms. The third-order valence-electron chi connectivity index (χ3n) is 13.3. The second-order valence-corrected chi connectivity index (χ2v) is 16.6. The highest BCUT2D eigenvalue weighted by atomic mass is 16.3. The molecule has 0 radical (unpaired) electrons. The summed E-state index contributed by atoms with van der Waals surface area (Å²) < 4.78 is 7.09. The second kappa shape index (κ2) is 14.3. The van der Waals surface area contributed by atoms with Gasteiger partial charge in [-0.05, 0) is 72.8 Å². The second-order valence-electron chi connectivity index (χ2n) is 16.6. The summed E-state index contributed by atoms with van der Waals surface area (Å²) in [6.07, 6.45) is 0. The molecule has 0 fully saturated rings. The monoisotopic (exact) mass is 772 g/mol. The van der Waals surface area contributed by atoms with E-state index in [1.54, 1.807) is 0 Å². The molecule has 0 saturated heterocycles. The summed E-state index contributed by atoms with van der Waals surface area (Å²) in [4.78, 5) is 10.7. The Hall–Kier alpha value is -6.97. The SMILES string of the molecule is Bc1c(-c2ccc3c4ccccc4c4ccccc4c3c2)c(B)c2c(oc3c(B)c(B)c(B)c(-c4cc(-c5ccccc5)nc(-c5cccc(-c6ccccc6)c5)n4)c32)c1B. The zero-order valence-corrected chi connectivity index (χ0v) is 35.3. The zero-order valence-electron chi connectivity index (χ0n) is 35.3. The van der Waals surface area contributed by atoms with Gasteiger partial charge in [0.1, 0.15) is 58.2 Å². The van der Waals surface area contributed by atoms with Gasteiger partial charge in [0.2, 0.25) is 0 Å². The third kappa shape index (κ3) is 5.82. The molecule has 0 aliphatic carbocycles. The fourth-order valence-electron chi connectivity index (χ4n) is 9.89. The molecule has 0 aliphatic heterocycles. The molecule has 61 heavy (non-hydrogen) atoms. The van der Waals surface area contributed by atoms with Crippen molar-refractivity contribution in [2.24, 2.45) is 0 Å². The number of furan rings is 1. The molecule has 2 aromatic heterocycles. The smallest absolute Gasteiger partial charge is 0.160 e. The third-order valence-corrected chi connectivity index (χ3v) is 13.3. The van der Waals surface area contributed by atoms with Crippen LogP contribution in [0.1, 0.15) is 0 Å². The Morgan fingerprint density at radius 2 is 0.820 bits per heavy atom. The van der Waals surface area contributed by atoms with Gasteiger partial charge < -0.3 is 4.42 Å². The highest BCUT2D eigenvalue weighted by molar-refractivity contribution is 6.65. The van der Waals surface area contributed by atoms with Gasteiger partial charge in [0.15, 0.2) is 5.82 Å². The number of hydrogen-bond donors (Lipinski definition) is 0. The first-order chi connectivity index (χ1) is 29.8. The Balaban J connectivity index is 1.20. The van der Waals surface area contributed by atoms with Crippen LogP contribution in [0.5, 0.6) is 0 Å². The minimum absolute atomic E-state index is 0.688. The summed E-state index contributed by atoms with van der Waals surface area (Å²) in [6, 6.07) is 56.4. The van der Waals surface area contributed by atoms with Crippen molar-refractivity contribution in [1.82, 2.24) is 9.97 Å². The van der Waals surface area contributed by atoms with Crippen molar-refractivity contribution in [3.63, 3.8) is 0 Å². The normalized spacial score (nSPS) is 11.7. The van der Waals surface area contributed by atoms with Crippen LogP contribution in [0.25, 0.3) is 110 Å². The predicted molar refractivity (Wildman–Crippen MR) is 278 cm³/mol. The van der Waals surface area contributed by atoms with Crippen LogP contribution in [0.2, 0.25) is 0 Å². The summed E-state index contributed by atoms with van der Waals surface area (Å²) in [5.41, 5.74) is 18.6. The maximum absolute atomic E-state index is 7.09. The van der Waals surface area contributed by atoms with E-state index in [-0.39, 0.29) is 0 Å². The van der Waals surface area contributed by atoms with Crippen molar-refractivity contribution in [3.05, 3.63) is 158 Å². The Morgan fingerprint density at radius 1 is 0.311 bits per heavy atom. The summed E-state index contributed by atoms with van der Waals surface area (Å²) in [7, 11) is 13.4. The van der Waals surface area contributed by atoms with Crippen LogP contribution in [-0.4, -0.2) is 57.0 Å². The first kappa shape index (κ1) is 37.1. The lowest BCUT2D eigenvalue weighted by Gasteiger charge is -2.19. The van der Waals surface area contributed by atoms with Gasteiger partial charge in [0, 0.05) is 27.5 Å².